The number of anilines is 1. The van der Waals surface area contributed by atoms with Crippen molar-refractivity contribution in [2.75, 3.05) is 5.43 Å². The number of hydrogen-bond donors (Lipinski definition) is 4. The first-order valence-corrected chi connectivity index (χ1v) is 11.7. The second-order valence-electron chi connectivity index (χ2n) is 7.26. The molecule has 4 N–H and O–H groups in total. The van der Waals surface area contributed by atoms with E-state index in [0.717, 1.165) is 24.6 Å². The van der Waals surface area contributed by atoms with Gasteiger partial charge in [0, 0.05) is 16.7 Å². The highest BCUT2D eigenvalue weighted by Crippen LogP contribution is 2.32. The van der Waals surface area contributed by atoms with E-state index in [-0.39, 0.29) is 16.7 Å². The van der Waals surface area contributed by atoms with Crippen molar-refractivity contribution in [3.63, 3.8) is 0 Å². The van der Waals surface area contributed by atoms with E-state index in [1.807, 2.05) is 0 Å². The second kappa shape index (κ2) is 13.0. The van der Waals surface area contributed by atoms with Crippen LogP contribution in [0.15, 0.2) is 83.0 Å². The number of rotatable bonds is 6. The molecular weight excluding hydrogens is 558 g/mol. The van der Waals surface area contributed by atoms with Crippen LogP contribution >= 0.6 is 0 Å². The van der Waals surface area contributed by atoms with Crippen LogP contribution in [0.25, 0.3) is 0 Å². The van der Waals surface area contributed by atoms with Gasteiger partial charge in [0.25, 0.3) is 5.91 Å². The number of carbonyl (C=O) groups excluding carboxylic acids is 1. The minimum absolute atomic E-state index is 0.122. The predicted molar refractivity (Wildman–Crippen MR) is 130 cm³/mol. The van der Waals surface area contributed by atoms with Crippen molar-refractivity contribution in [2.45, 2.75) is 12.4 Å². The summed E-state index contributed by atoms with van der Waals surface area (Å²) in [7, 11) is -4.67. The minimum atomic E-state index is -4.67. The van der Waals surface area contributed by atoms with Crippen LogP contribution in [0.2, 0.25) is 0 Å². The molecule has 1 amide bonds. The van der Waals surface area contributed by atoms with Gasteiger partial charge < -0.3 is 0 Å². The smallest absolute Gasteiger partial charge is 0.279 e. The van der Waals surface area contributed by atoms with E-state index >= 15 is 0 Å². The van der Waals surface area contributed by atoms with Crippen LogP contribution < -0.4 is 10.9 Å². The van der Waals surface area contributed by atoms with Gasteiger partial charge in [-0.3, -0.25) is 19.3 Å². The predicted octanol–water partition coefficient (Wildman–Crippen LogP) is 5.28. The standard InChI is InChI=1S/C23H16F6N4O.H2O4S/c24-22(25,26)19-7-3-1-5-16(19)13-30-32-18-11-9-15(10-12-18)21(34)33-31-14-17-6-2-4-8-20(17)23(27,28)29;1-5(2,3)4/h1-14,32H,(H,33,34);(H2,1,2,3,4). The first kappa shape index (κ1) is 30.9. The molecule has 0 aliphatic rings. The molecule has 0 saturated heterocycles. The molecule has 0 aliphatic heterocycles. The Morgan fingerprint density at radius 1 is 0.718 bits per heavy atom. The van der Waals surface area contributed by atoms with Crippen molar-refractivity contribution < 1.29 is 48.7 Å². The fourth-order valence-corrected chi connectivity index (χ4v) is 2.83. The lowest BCUT2D eigenvalue weighted by Gasteiger charge is -2.09. The van der Waals surface area contributed by atoms with E-state index in [0.29, 0.717) is 5.69 Å². The van der Waals surface area contributed by atoms with Crippen LogP contribution in [0.3, 0.4) is 0 Å². The molecule has 39 heavy (non-hydrogen) atoms. The van der Waals surface area contributed by atoms with Gasteiger partial charge in [-0.15, -0.1) is 0 Å². The number of carbonyl (C=O) groups is 1. The van der Waals surface area contributed by atoms with Crippen molar-refractivity contribution >= 4 is 34.4 Å². The summed E-state index contributed by atoms with van der Waals surface area (Å²) in [6, 6.07) is 15.4. The van der Waals surface area contributed by atoms with Crippen LogP contribution in [0.4, 0.5) is 32.0 Å². The highest BCUT2D eigenvalue weighted by Gasteiger charge is 2.33. The zero-order valence-corrected chi connectivity index (χ0v) is 20.1. The first-order valence-electron chi connectivity index (χ1n) is 10.3. The number of nitrogens with one attached hydrogen (secondary N) is 2. The fraction of sp³-hybridized carbons (Fsp3) is 0.0870. The maximum absolute atomic E-state index is 13.0. The molecule has 9 nitrogen and oxygen atoms in total. The van der Waals surface area contributed by atoms with Gasteiger partial charge in [0.2, 0.25) is 0 Å². The third kappa shape index (κ3) is 10.9. The van der Waals surface area contributed by atoms with E-state index in [1.54, 1.807) is 0 Å². The molecular formula is C23H18F6N4O5S. The zero-order chi connectivity index (χ0) is 29.3. The van der Waals surface area contributed by atoms with E-state index < -0.39 is 39.8 Å². The summed E-state index contributed by atoms with van der Waals surface area (Å²) in [6.45, 7) is 0. The topological polar surface area (TPSA) is 140 Å². The van der Waals surface area contributed by atoms with Crippen molar-refractivity contribution in [1.82, 2.24) is 5.43 Å². The van der Waals surface area contributed by atoms with Crippen LogP contribution in [-0.4, -0.2) is 35.9 Å². The molecule has 0 bridgehead atoms. The van der Waals surface area contributed by atoms with Crippen molar-refractivity contribution in [2.24, 2.45) is 10.2 Å². The maximum atomic E-state index is 13.0. The molecule has 0 radical (unpaired) electrons. The summed E-state index contributed by atoms with van der Waals surface area (Å²) in [5.74, 6) is -0.671. The Kier molecular flexibility index (Phi) is 10.3. The van der Waals surface area contributed by atoms with Crippen molar-refractivity contribution in [3.05, 3.63) is 101 Å². The first-order chi connectivity index (χ1) is 18.1. The fourth-order valence-electron chi connectivity index (χ4n) is 2.83. The molecule has 0 saturated carbocycles. The molecule has 0 spiro atoms. The summed E-state index contributed by atoms with van der Waals surface area (Å²) >= 11 is 0. The minimum Gasteiger partial charge on any atom is -0.279 e. The molecule has 3 aromatic rings. The average molecular weight is 576 g/mol. The molecule has 0 fully saturated rings. The quantitative estimate of drug-likeness (QED) is 0.136. The Hall–Kier alpha value is -4.28. The summed E-state index contributed by atoms with van der Waals surface area (Å²) in [6.07, 6.45) is -7.16. The molecule has 3 aromatic carbocycles. The Bertz CT molecular complexity index is 1430. The van der Waals surface area contributed by atoms with E-state index in [2.05, 4.69) is 21.1 Å². The van der Waals surface area contributed by atoms with Gasteiger partial charge in [0.15, 0.2) is 0 Å². The number of hydrogen-bond acceptors (Lipinski definition) is 6. The molecule has 0 aromatic heterocycles. The lowest BCUT2D eigenvalue weighted by atomic mass is 10.1. The monoisotopic (exact) mass is 576 g/mol. The molecule has 3 rings (SSSR count). The van der Waals surface area contributed by atoms with Crippen LogP contribution in [0, 0.1) is 0 Å². The van der Waals surface area contributed by atoms with Gasteiger partial charge in [-0.05, 0) is 36.4 Å². The molecule has 16 heteroatoms. The summed E-state index contributed by atoms with van der Waals surface area (Å²) in [5, 5.41) is 7.35. The highest BCUT2D eigenvalue weighted by atomic mass is 32.3. The SMILES string of the molecule is O=C(NN=Cc1ccccc1C(F)(F)F)c1ccc(NN=Cc2ccccc2C(F)(F)F)cc1.O=S(=O)(O)O. The van der Waals surface area contributed by atoms with Crippen molar-refractivity contribution in [3.8, 4) is 0 Å². The Balaban J connectivity index is 0.000000976. The van der Waals surface area contributed by atoms with Gasteiger partial charge in [0.05, 0.1) is 29.2 Å². The van der Waals surface area contributed by atoms with Crippen LogP contribution in [-0.2, 0) is 22.8 Å². The largest absolute Gasteiger partial charge is 0.417 e. The van der Waals surface area contributed by atoms with Gasteiger partial charge in [-0.1, -0.05) is 36.4 Å². The van der Waals surface area contributed by atoms with Gasteiger partial charge in [0.1, 0.15) is 0 Å². The summed E-state index contributed by atoms with van der Waals surface area (Å²) < 4.78 is 110. The normalized spacial score (nSPS) is 12.2. The lowest BCUT2D eigenvalue weighted by Crippen LogP contribution is -2.18. The maximum Gasteiger partial charge on any atom is 0.417 e. The molecule has 0 atom stereocenters. The Labute approximate surface area is 217 Å². The third-order valence-corrected chi connectivity index (χ3v) is 4.45. The van der Waals surface area contributed by atoms with Gasteiger partial charge in [-0.2, -0.15) is 45.0 Å². The number of hydrazone groups is 2. The lowest BCUT2D eigenvalue weighted by molar-refractivity contribution is -0.138. The number of nitrogens with zero attached hydrogens (tertiary/aromatic N) is 2. The molecule has 0 aliphatic carbocycles. The summed E-state index contributed by atoms with van der Waals surface area (Å²) in [5.41, 5.74) is 3.19. The number of alkyl halides is 6. The number of amides is 1. The third-order valence-electron chi connectivity index (χ3n) is 4.45. The highest BCUT2D eigenvalue weighted by molar-refractivity contribution is 7.79. The Morgan fingerprint density at radius 3 is 1.56 bits per heavy atom. The molecule has 0 heterocycles. The molecule has 208 valence electrons. The van der Waals surface area contributed by atoms with Crippen molar-refractivity contribution in [1.29, 1.82) is 0 Å². The zero-order valence-electron chi connectivity index (χ0n) is 19.3. The van der Waals surface area contributed by atoms with Crippen LogP contribution in [0.1, 0.15) is 32.6 Å². The number of benzene rings is 3. The molecule has 0 unspecified atom stereocenters. The summed E-state index contributed by atoms with van der Waals surface area (Å²) in [4.78, 5) is 12.2. The van der Waals surface area contributed by atoms with Crippen LogP contribution in [0.5, 0.6) is 0 Å². The van der Waals surface area contributed by atoms with E-state index in [1.165, 1.54) is 60.7 Å². The van der Waals surface area contributed by atoms with E-state index in [4.69, 9.17) is 17.5 Å². The average Bonchev–Trinajstić information content (AvgIpc) is 2.83. The van der Waals surface area contributed by atoms with Gasteiger partial charge in [-0.25, -0.2) is 5.43 Å². The Morgan fingerprint density at radius 2 is 1.13 bits per heavy atom. The number of halogens is 6. The van der Waals surface area contributed by atoms with E-state index in [9.17, 15) is 31.1 Å². The second-order valence-corrected chi connectivity index (χ2v) is 8.16. The van der Waals surface area contributed by atoms with Gasteiger partial charge >= 0.3 is 22.8 Å².